The van der Waals surface area contributed by atoms with Crippen LogP contribution < -0.4 is 0 Å². The van der Waals surface area contributed by atoms with Crippen LogP contribution in [0.1, 0.15) is 0 Å². The maximum absolute atomic E-state index is 7.69. The quantitative estimate of drug-likeness (QED) is 0.320. The maximum atomic E-state index is 7.69. The minimum Gasteiger partial charge on any atom is -0.193 e. The Labute approximate surface area is 35.1 Å². The molecule has 0 unspecified atom stereocenters. The zero-order valence-corrected chi connectivity index (χ0v) is 3.00. The molecule has 0 rings (SSSR count). The molecule has 0 aliphatic carbocycles. The van der Waals surface area contributed by atoms with E-state index in [9.17, 15) is 0 Å². The molecular weight excluding hydrogens is 78.1 g/mol. The van der Waals surface area contributed by atoms with Gasteiger partial charge >= 0.3 is 6.20 Å². The molecule has 0 bridgehead atoms. The summed E-state index contributed by atoms with van der Waals surface area (Å²) in [5, 5.41) is 15.3. The molecule has 0 N–H and O–H groups in total. The van der Waals surface area contributed by atoms with Crippen molar-refractivity contribution in [2.24, 2.45) is 0 Å². The van der Waals surface area contributed by atoms with Gasteiger partial charge in [0.1, 0.15) is 6.08 Å². The van der Waals surface area contributed by atoms with Crippen molar-refractivity contribution in [3.63, 3.8) is 0 Å². The predicted octanol–water partition coefficient (Wildman–Crippen LogP) is 0.877. The van der Waals surface area contributed by atoms with E-state index < -0.39 is 0 Å². The van der Waals surface area contributed by atoms with Gasteiger partial charge in [0.05, 0.1) is 6.07 Å². The third kappa shape index (κ3) is 2.65. The van der Waals surface area contributed by atoms with Crippen molar-refractivity contribution < 1.29 is 0 Å². The standard InChI is InChI=1S/C3H2N3/c4-2-1-3-6-5/h1,3H/q+1/b3-1+. The van der Waals surface area contributed by atoms with Crippen LogP contribution >= 0.6 is 0 Å². The Bertz CT molecular complexity index is 106. The van der Waals surface area contributed by atoms with Crippen LogP contribution in [0.2, 0.25) is 0 Å². The molecule has 28 valence electrons. The summed E-state index contributed by atoms with van der Waals surface area (Å²) in [6, 6.07) is 1.63. The highest BCUT2D eigenvalue weighted by Gasteiger charge is 1.69. The fourth-order valence-electron chi connectivity index (χ4n) is 0.0667. The zero-order chi connectivity index (χ0) is 4.83. The maximum Gasteiger partial charge on any atom is 0.360 e. The Morgan fingerprint density at radius 3 is 2.50 bits per heavy atom. The highest BCUT2D eigenvalue weighted by Crippen LogP contribution is 1.65. The summed E-state index contributed by atoms with van der Waals surface area (Å²) in [5.41, 5.74) is 0. The molecule has 0 aliphatic heterocycles. The number of rotatable bonds is 0. The number of diazo groups is 1. The van der Waals surface area contributed by atoms with Crippen molar-refractivity contribution in [1.29, 1.82) is 10.7 Å². The number of nitriles is 1. The van der Waals surface area contributed by atoms with Crippen LogP contribution in [0.5, 0.6) is 0 Å². The molecule has 0 saturated carbocycles. The number of hydrogen-bond acceptors (Lipinski definition) is 2. The van der Waals surface area contributed by atoms with Crippen LogP contribution in [0.4, 0.5) is 0 Å². The Hall–Kier alpha value is -1.35. The van der Waals surface area contributed by atoms with Crippen LogP contribution in [-0.4, -0.2) is 0 Å². The second kappa shape index (κ2) is 3.65. The van der Waals surface area contributed by atoms with E-state index in [0.717, 1.165) is 12.3 Å². The molecule has 0 saturated heterocycles. The lowest BCUT2D eigenvalue weighted by atomic mass is 10.7. The fraction of sp³-hybridized carbons (Fsp3) is 0. The highest BCUT2D eigenvalue weighted by atomic mass is 14.8. The number of hydrogen-bond donors (Lipinski definition) is 0. The summed E-state index contributed by atoms with van der Waals surface area (Å²) >= 11 is 0. The normalized spacial score (nSPS) is 7.00. The highest BCUT2D eigenvalue weighted by molar-refractivity contribution is 5.04. The monoisotopic (exact) mass is 80.0 g/mol. The molecule has 0 aromatic rings. The van der Waals surface area contributed by atoms with Crippen LogP contribution in [-0.2, 0) is 0 Å². The molecule has 0 aliphatic rings. The predicted molar refractivity (Wildman–Crippen MR) is 19.8 cm³/mol. The van der Waals surface area contributed by atoms with E-state index in [-0.39, 0.29) is 0 Å². The SMILES string of the molecule is N#C/C=C/[N+]#N. The van der Waals surface area contributed by atoms with Crippen molar-refractivity contribution in [1.82, 2.24) is 0 Å². The van der Waals surface area contributed by atoms with Crippen LogP contribution in [0.3, 0.4) is 0 Å². The molecule has 0 spiro atoms. The molecule has 0 aromatic heterocycles. The van der Waals surface area contributed by atoms with Crippen LogP contribution in [0, 0.1) is 16.7 Å². The van der Waals surface area contributed by atoms with Gasteiger partial charge in [-0.05, 0) is 0 Å². The van der Waals surface area contributed by atoms with Crippen molar-refractivity contribution in [2.75, 3.05) is 0 Å². The number of nitrogens with zero attached hydrogens (tertiary/aromatic N) is 3. The molecule has 0 fully saturated rings. The van der Waals surface area contributed by atoms with E-state index in [1.165, 1.54) is 0 Å². The largest absolute Gasteiger partial charge is 0.360 e. The first-order valence-electron chi connectivity index (χ1n) is 1.30. The van der Waals surface area contributed by atoms with Crippen molar-refractivity contribution >= 4 is 0 Å². The summed E-state index contributed by atoms with van der Waals surface area (Å²) in [6.45, 7) is 0. The first kappa shape index (κ1) is 4.65. The van der Waals surface area contributed by atoms with Gasteiger partial charge in [-0.2, -0.15) is 5.26 Å². The summed E-state index contributed by atoms with van der Waals surface area (Å²) < 4.78 is 0. The summed E-state index contributed by atoms with van der Waals surface area (Å²) in [7, 11) is 0. The topological polar surface area (TPSA) is 51.9 Å². The van der Waals surface area contributed by atoms with Crippen molar-refractivity contribution in [3.8, 4) is 6.07 Å². The van der Waals surface area contributed by atoms with Gasteiger partial charge in [-0.25, -0.2) is 0 Å². The summed E-state index contributed by atoms with van der Waals surface area (Å²) in [5.74, 6) is 0. The van der Waals surface area contributed by atoms with Crippen LogP contribution in [0.25, 0.3) is 4.98 Å². The van der Waals surface area contributed by atoms with E-state index in [1.54, 1.807) is 6.07 Å². The van der Waals surface area contributed by atoms with Gasteiger partial charge in [0.2, 0.25) is 5.39 Å². The average molecular weight is 80.1 g/mol. The third-order valence-electron chi connectivity index (χ3n) is 0.216. The first-order valence-corrected chi connectivity index (χ1v) is 1.30. The van der Waals surface area contributed by atoms with Crippen LogP contribution in [0.15, 0.2) is 12.3 Å². The van der Waals surface area contributed by atoms with Gasteiger partial charge in [0.25, 0.3) is 0 Å². The Morgan fingerprint density at radius 2 is 2.33 bits per heavy atom. The van der Waals surface area contributed by atoms with Crippen molar-refractivity contribution in [3.05, 3.63) is 17.3 Å². The molecular formula is C3H2N3+. The molecule has 3 heteroatoms. The van der Waals surface area contributed by atoms with Crippen molar-refractivity contribution in [2.45, 2.75) is 0 Å². The van der Waals surface area contributed by atoms with E-state index >= 15 is 0 Å². The summed E-state index contributed by atoms with van der Waals surface area (Å²) in [6.07, 6.45) is 2.07. The lowest BCUT2D eigenvalue weighted by Crippen LogP contribution is -1.36. The Balaban J connectivity index is 3.36. The molecule has 0 radical (unpaired) electrons. The van der Waals surface area contributed by atoms with Gasteiger partial charge in [0, 0.05) is 0 Å². The van der Waals surface area contributed by atoms with Gasteiger partial charge in [-0.3, -0.25) is 0 Å². The minimum absolute atomic E-state index is 1.00. The van der Waals surface area contributed by atoms with Gasteiger partial charge in [0.15, 0.2) is 4.98 Å². The Morgan fingerprint density at radius 1 is 1.67 bits per heavy atom. The van der Waals surface area contributed by atoms with E-state index in [2.05, 4.69) is 4.98 Å². The molecule has 0 aromatic carbocycles. The fourth-order valence-corrected chi connectivity index (χ4v) is 0.0667. The third-order valence-corrected chi connectivity index (χ3v) is 0.216. The average Bonchev–Trinajstić information content (AvgIpc) is 1.61. The van der Waals surface area contributed by atoms with Gasteiger partial charge in [-0.15, -0.1) is 0 Å². The van der Waals surface area contributed by atoms with Gasteiger partial charge in [-0.1, -0.05) is 0 Å². The number of allylic oxidation sites excluding steroid dienone is 1. The van der Waals surface area contributed by atoms with E-state index in [4.69, 9.17) is 10.7 Å². The molecule has 3 nitrogen and oxygen atoms in total. The zero-order valence-electron chi connectivity index (χ0n) is 3.00. The molecule has 0 heterocycles. The lowest BCUT2D eigenvalue weighted by molar-refractivity contribution is 1.46. The molecule has 6 heavy (non-hydrogen) atoms. The van der Waals surface area contributed by atoms with E-state index in [1.807, 2.05) is 0 Å². The Kier molecular flexibility index (Phi) is 2.83. The first-order chi connectivity index (χ1) is 2.91. The molecule has 0 atom stereocenters. The summed E-state index contributed by atoms with van der Waals surface area (Å²) in [4.78, 5) is 2.52. The molecule has 0 amide bonds. The second-order valence-corrected chi connectivity index (χ2v) is 0.560. The van der Waals surface area contributed by atoms with Gasteiger partial charge < -0.3 is 0 Å². The smallest absolute Gasteiger partial charge is 0.193 e. The van der Waals surface area contributed by atoms with E-state index in [0.29, 0.717) is 0 Å². The minimum atomic E-state index is 1.00. The lowest BCUT2D eigenvalue weighted by Gasteiger charge is -1.33. The second-order valence-electron chi connectivity index (χ2n) is 0.560.